The van der Waals surface area contributed by atoms with Crippen molar-refractivity contribution in [1.29, 1.82) is 0 Å². The van der Waals surface area contributed by atoms with Gasteiger partial charge in [0.1, 0.15) is 17.7 Å². The number of ether oxygens (including phenoxy) is 1. The topological polar surface area (TPSA) is 24.5 Å². The van der Waals surface area contributed by atoms with Crippen molar-refractivity contribution in [3.63, 3.8) is 0 Å². The molecule has 0 unspecified atom stereocenters. The molecule has 2 aromatic carbocycles. The van der Waals surface area contributed by atoms with Crippen LogP contribution in [0, 0.1) is 0 Å². The second-order valence-corrected chi connectivity index (χ2v) is 7.90. The molecular weight excluding hydrogens is 359 g/mol. The highest BCUT2D eigenvalue weighted by atomic mass is 32.2. The van der Waals surface area contributed by atoms with Gasteiger partial charge in [-0.1, -0.05) is 12.1 Å². The Balaban J connectivity index is 1.64. The Kier molecular flexibility index (Phi) is 7.56. The fourth-order valence-electron chi connectivity index (χ4n) is 3.40. The van der Waals surface area contributed by atoms with E-state index >= 15 is 0 Å². The van der Waals surface area contributed by atoms with E-state index < -0.39 is 6.17 Å². The second kappa shape index (κ2) is 10.1. The van der Waals surface area contributed by atoms with E-state index in [1.54, 1.807) is 11.8 Å². The smallest absolute Gasteiger partial charge is 0.131 e. The SMILES string of the molecule is CNCc1cc(CCN2CCC(F)CC2)ccc1Oc1ccc(SC)cc1. The first-order valence-electron chi connectivity index (χ1n) is 9.62. The molecule has 1 N–H and O–H groups in total. The number of hydrogen-bond acceptors (Lipinski definition) is 4. The second-order valence-electron chi connectivity index (χ2n) is 7.02. The monoisotopic (exact) mass is 388 g/mol. The van der Waals surface area contributed by atoms with Gasteiger partial charge in [-0.2, -0.15) is 0 Å². The highest BCUT2D eigenvalue weighted by Crippen LogP contribution is 2.28. The molecule has 146 valence electrons. The molecule has 1 saturated heterocycles. The predicted molar refractivity (Wildman–Crippen MR) is 112 cm³/mol. The summed E-state index contributed by atoms with van der Waals surface area (Å²) in [7, 11) is 1.95. The summed E-state index contributed by atoms with van der Waals surface area (Å²) >= 11 is 1.72. The van der Waals surface area contributed by atoms with Crippen LogP contribution in [-0.2, 0) is 13.0 Å². The van der Waals surface area contributed by atoms with E-state index in [2.05, 4.69) is 46.8 Å². The Bertz CT molecular complexity index is 715. The predicted octanol–water partition coefficient (Wildman–Crippen LogP) is 4.90. The van der Waals surface area contributed by atoms with Crippen molar-refractivity contribution in [2.75, 3.05) is 32.9 Å². The summed E-state index contributed by atoms with van der Waals surface area (Å²) in [5, 5.41) is 3.23. The molecule has 0 radical (unpaired) electrons. The number of benzene rings is 2. The van der Waals surface area contributed by atoms with Crippen LogP contribution in [-0.4, -0.2) is 44.0 Å². The normalized spacial score (nSPS) is 15.8. The molecule has 1 fully saturated rings. The van der Waals surface area contributed by atoms with Gasteiger partial charge in [0.15, 0.2) is 0 Å². The molecule has 0 spiro atoms. The third-order valence-corrected chi connectivity index (χ3v) is 5.76. The van der Waals surface area contributed by atoms with Crippen molar-refractivity contribution in [1.82, 2.24) is 10.2 Å². The Morgan fingerprint density at radius 3 is 2.56 bits per heavy atom. The molecule has 3 rings (SSSR count). The van der Waals surface area contributed by atoms with Gasteiger partial charge in [-0.3, -0.25) is 0 Å². The van der Waals surface area contributed by atoms with E-state index in [-0.39, 0.29) is 0 Å². The summed E-state index contributed by atoms with van der Waals surface area (Å²) in [6.07, 6.45) is 3.79. The van der Waals surface area contributed by atoms with E-state index in [0.29, 0.717) is 12.8 Å². The molecule has 0 aliphatic carbocycles. The van der Waals surface area contributed by atoms with Crippen LogP contribution >= 0.6 is 11.8 Å². The van der Waals surface area contributed by atoms with Crippen LogP contribution in [0.3, 0.4) is 0 Å². The Morgan fingerprint density at radius 1 is 1.15 bits per heavy atom. The number of piperidine rings is 1. The average molecular weight is 389 g/mol. The van der Waals surface area contributed by atoms with Crippen molar-refractivity contribution in [3.8, 4) is 11.5 Å². The quantitative estimate of drug-likeness (QED) is 0.650. The molecule has 3 nitrogen and oxygen atoms in total. The number of hydrogen-bond donors (Lipinski definition) is 1. The van der Waals surface area contributed by atoms with Gasteiger partial charge in [0.2, 0.25) is 0 Å². The zero-order chi connectivity index (χ0) is 19.1. The van der Waals surface area contributed by atoms with Crippen molar-refractivity contribution < 1.29 is 9.13 Å². The minimum Gasteiger partial charge on any atom is -0.457 e. The van der Waals surface area contributed by atoms with Gasteiger partial charge in [0.25, 0.3) is 0 Å². The highest BCUT2D eigenvalue weighted by molar-refractivity contribution is 7.98. The largest absolute Gasteiger partial charge is 0.457 e. The first kappa shape index (κ1) is 20.2. The fraction of sp³-hybridized carbons (Fsp3) is 0.455. The van der Waals surface area contributed by atoms with Crippen molar-refractivity contribution in [2.45, 2.75) is 36.9 Å². The molecule has 0 amide bonds. The lowest BCUT2D eigenvalue weighted by atomic mass is 10.0. The van der Waals surface area contributed by atoms with Crippen LogP contribution in [0.5, 0.6) is 11.5 Å². The lowest BCUT2D eigenvalue weighted by Crippen LogP contribution is -2.35. The summed E-state index contributed by atoms with van der Waals surface area (Å²) in [4.78, 5) is 3.59. The third-order valence-electron chi connectivity index (χ3n) is 5.01. The lowest BCUT2D eigenvalue weighted by Gasteiger charge is -2.28. The Morgan fingerprint density at radius 2 is 1.89 bits per heavy atom. The molecule has 0 atom stereocenters. The van der Waals surface area contributed by atoms with E-state index in [0.717, 1.165) is 49.7 Å². The Hall–Kier alpha value is -1.56. The minimum atomic E-state index is -0.607. The standard InChI is InChI=1S/C22H29FN2OS/c1-24-16-18-15-17(9-12-25-13-10-19(23)11-14-25)3-8-22(18)26-20-4-6-21(27-2)7-5-20/h3-8,15,19,24H,9-14,16H2,1-2H3. The maximum absolute atomic E-state index is 13.3. The van der Waals surface area contributed by atoms with E-state index in [1.807, 2.05) is 19.2 Å². The van der Waals surface area contributed by atoms with Crippen molar-refractivity contribution >= 4 is 11.8 Å². The van der Waals surface area contributed by atoms with Gasteiger partial charge >= 0.3 is 0 Å². The molecule has 0 aromatic heterocycles. The molecule has 0 bridgehead atoms. The van der Waals surface area contributed by atoms with Crippen molar-refractivity contribution in [3.05, 3.63) is 53.6 Å². The zero-order valence-electron chi connectivity index (χ0n) is 16.2. The molecule has 2 aromatic rings. The summed E-state index contributed by atoms with van der Waals surface area (Å²) in [6, 6.07) is 14.6. The average Bonchev–Trinajstić information content (AvgIpc) is 2.70. The van der Waals surface area contributed by atoms with Crippen LogP contribution in [0.2, 0.25) is 0 Å². The van der Waals surface area contributed by atoms with Crippen LogP contribution in [0.1, 0.15) is 24.0 Å². The third kappa shape index (κ3) is 5.96. The van der Waals surface area contributed by atoms with Gasteiger partial charge < -0.3 is 15.0 Å². The summed E-state index contributed by atoms with van der Waals surface area (Å²) in [6.45, 7) is 3.50. The van der Waals surface area contributed by atoms with E-state index in [1.165, 1.54) is 10.5 Å². The number of nitrogens with zero attached hydrogens (tertiary/aromatic N) is 1. The molecule has 27 heavy (non-hydrogen) atoms. The van der Waals surface area contributed by atoms with Crippen LogP contribution < -0.4 is 10.1 Å². The number of nitrogens with one attached hydrogen (secondary N) is 1. The first-order chi connectivity index (χ1) is 13.2. The first-order valence-corrected chi connectivity index (χ1v) is 10.8. The molecule has 1 aliphatic heterocycles. The zero-order valence-corrected chi connectivity index (χ0v) is 17.0. The van der Waals surface area contributed by atoms with Gasteiger partial charge in [-0.15, -0.1) is 11.8 Å². The number of rotatable bonds is 8. The summed E-state index contributed by atoms with van der Waals surface area (Å²) in [5.41, 5.74) is 2.46. The number of alkyl halides is 1. The van der Waals surface area contributed by atoms with Gasteiger partial charge in [-0.25, -0.2) is 4.39 Å². The van der Waals surface area contributed by atoms with Gasteiger partial charge in [0, 0.05) is 36.6 Å². The number of likely N-dealkylation sites (tertiary alicyclic amines) is 1. The highest BCUT2D eigenvalue weighted by Gasteiger charge is 2.18. The molecule has 1 heterocycles. The van der Waals surface area contributed by atoms with Crippen LogP contribution in [0.25, 0.3) is 0 Å². The maximum Gasteiger partial charge on any atom is 0.131 e. The van der Waals surface area contributed by atoms with E-state index in [4.69, 9.17) is 4.74 Å². The minimum absolute atomic E-state index is 0.607. The molecule has 1 aliphatic rings. The number of halogens is 1. The summed E-state index contributed by atoms with van der Waals surface area (Å²) in [5.74, 6) is 1.75. The van der Waals surface area contributed by atoms with E-state index in [9.17, 15) is 4.39 Å². The Labute approximate surface area is 166 Å². The number of thioether (sulfide) groups is 1. The van der Waals surface area contributed by atoms with Gasteiger partial charge in [-0.05, 0) is 68.5 Å². The lowest BCUT2D eigenvalue weighted by molar-refractivity contribution is 0.152. The maximum atomic E-state index is 13.3. The van der Waals surface area contributed by atoms with Crippen molar-refractivity contribution in [2.24, 2.45) is 0 Å². The fourth-order valence-corrected chi connectivity index (χ4v) is 3.81. The van der Waals surface area contributed by atoms with Crippen LogP contribution in [0.15, 0.2) is 47.4 Å². The van der Waals surface area contributed by atoms with Crippen LogP contribution in [0.4, 0.5) is 4.39 Å². The molecule has 0 saturated carbocycles. The van der Waals surface area contributed by atoms with Gasteiger partial charge in [0.05, 0.1) is 0 Å². The molecule has 5 heteroatoms. The summed E-state index contributed by atoms with van der Waals surface area (Å²) < 4.78 is 19.4. The molecular formula is C22H29FN2OS.